The number of carbonyl (C=O) groups is 1. The standard InChI is InChI=1S/C19H17FO/c1-12-2-3-15-11-19(18(21)17(15)8-12)7-6-13-9-16(20)5-4-14(13)10-19/h2-5,8-9H,6-7,10-11H2,1H3. The zero-order chi connectivity index (χ0) is 14.6. The molecule has 0 bridgehead atoms. The quantitative estimate of drug-likeness (QED) is 0.711. The van der Waals surface area contributed by atoms with E-state index in [4.69, 9.17) is 0 Å². The molecule has 0 fully saturated rings. The molecule has 2 aromatic carbocycles. The van der Waals surface area contributed by atoms with E-state index in [0.29, 0.717) is 0 Å². The van der Waals surface area contributed by atoms with Crippen LogP contribution in [0.15, 0.2) is 36.4 Å². The van der Waals surface area contributed by atoms with Crippen molar-refractivity contribution in [2.24, 2.45) is 5.41 Å². The van der Waals surface area contributed by atoms with Crippen LogP contribution in [-0.4, -0.2) is 5.78 Å². The van der Waals surface area contributed by atoms with Crippen molar-refractivity contribution in [3.05, 3.63) is 70.0 Å². The van der Waals surface area contributed by atoms with Gasteiger partial charge in [0.15, 0.2) is 5.78 Å². The Hall–Kier alpha value is -1.96. The highest BCUT2D eigenvalue weighted by Gasteiger charge is 2.46. The Labute approximate surface area is 123 Å². The summed E-state index contributed by atoms with van der Waals surface area (Å²) in [6.45, 7) is 2.03. The average Bonchev–Trinajstić information content (AvgIpc) is 2.73. The Morgan fingerprint density at radius 1 is 1.00 bits per heavy atom. The van der Waals surface area contributed by atoms with Crippen LogP contribution in [0.2, 0.25) is 0 Å². The van der Waals surface area contributed by atoms with E-state index in [2.05, 4.69) is 12.1 Å². The Bertz CT molecular complexity index is 762. The van der Waals surface area contributed by atoms with Gasteiger partial charge in [-0.15, -0.1) is 0 Å². The molecule has 1 nitrogen and oxygen atoms in total. The molecule has 4 rings (SSSR count). The lowest BCUT2D eigenvalue weighted by atomic mass is 9.69. The topological polar surface area (TPSA) is 17.1 Å². The minimum atomic E-state index is -0.291. The molecule has 0 heterocycles. The lowest BCUT2D eigenvalue weighted by Crippen LogP contribution is -2.34. The van der Waals surface area contributed by atoms with Crippen molar-refractivity contribution in [2.45, 2.75) is 32.6 Å². The number of Topliss-reactive ketones (excluding diaryl/α,β-unsaturated/α-hetero) is 1. The van der Waals surface area contributed by atoms with E-state index in [0.717, 1.165) is 47.9 Å². The number of rotatable bonds is 0. The van der Waals surface area contributed by atoms with Crippen molar-refractivity contribution < 1.29 is 9.18 Å². The highest BCUT2D eigenvalue weighted by Crippen LogP contribution is 2.46. The van der Waals surface area contributed by atoms with Gasteiger partial charge in [0.2, 0.25) is 0 Å². The van der Waals surface area contributed by atoms with E-state index in [9.17, 15) is 9.18 Å². The molecular weight excluding hydrogens is 263 g/mol. The molecule has 2 heteroatoms. The van der Waals surface area contributed by atoms with Gasteiger partial charge in [0, 0.05) is 11.0 Å². The Kier molecular flexibility index (Phi) is 2.59. The molecule has 106 valence electrons. The molecule has 1 atom stereocenters. The number of carbonyl (C=O) groups excluding carboxylic acids is 1. The van der Waals surface area contributed by atoms with Gasteiger partial charge in [-0.05, 0) is 67.5 Å². The molecule has 0 aromatic heterocycles. The largest absolute Gasteiger partial charge is 0.294 e. The van der Waals surface area contributed by atoms with E-state index >= 15 is 0 Å². The van der Waals surface area contributed by atoms with Crippen molar-refractivity contribution in [2.75, 3.05) is 0 Å². The summed E-state index contributed by atoms with van der Waals surface area (Å²) >= 11 is 0. The second-order valence-corrected chi connectivity index (χ2v) is 6.54. The van der Waals surface area contributed by atoms with Gasteiger partial charge in [-0.3, -0.25) is 4.79 Å². The van der Waals surface area contributed by atoms with E-state index in [-0.39, 0.29) is 17.0 Å². The van der Waals surface area contributed by atoms with Gasteiger partial charge >= 0.3 is 0 Å². The first-order valence-electron chi connectivity index (χ1n) is 7.49. The van der Waals surface area contributed by atoms with Crippen LogP contribution in [0.25, 0.3) is 0 Å². The predicted molar refractivity (Wildman–Crippen MR) is 80.1 cm³/mol. The molecule has 0 amide bonds. The van der Waals surface area contributed by atoms with Crippen LogP contribution in [0.3, 0.4) is 0 Å². The predicted octanol–water partition coefficient (Wildman–Crippen LogP) is 4.05. The smallest absolute Gasteiger partial charge is 0.169 e. The summed E-state index contributed by atoms with van der Waals surface area (Å²) in [6, 6.07) is 11.2. The van der Waals surface area contributed by atoms with Gasteiger partial charge < -0.3 is 0 Å². The number of hydrogen-bond donors (Lipinski definition) is 0. The summed E-state index contributed by atoms with van der Waals surface area (Å²) in [7, 11) is 0. The number of halogens is 1. The van der Waals surface area contributed by atoms with Crippen molar-refractivity contribution in [3.8, 4) is 0 Å². The maximum Gasteiger partial charge on any atom is 0.169 e. The SMILES string of the molecule is Cc1ccc2c(c1)C(=O)C1(CCc3cc(F)ccc3C1)C2. The molecule has 0 saturated carbocycles. The number of ketones is 1. The maximum absolute atomic E-state index is 13.3. The normalized spacial score (nSPS) is 23.2. The number of fused-ring (bicyclic) bond motifs is 2. The maximum atomic E-state index is 13.3. The van der Waals surface area contributed by atoms with Gasteiger partial charge in [-0.25, -0.2) is 4.39 Å². The number of benzene rings is 2. The van der Waals surface area contributed by atoms with E-state index in [1.54, 1.807) is 6.07 Å². The van der Waals surface area contributed by atoms with Crippen LogP contribution in [0, 0.1) is 18.2 Å². The van der Waals surface area contributed by atoms with E-state index in [1.807, 2.05) is 19.1 Å². The highest BCUT2D eigenvalue weighted by atomic mass is 19.1. The first kappa shape index (κ1) is 12.8. The van der Waals surface area contributed by atoms with Gasteiger partial charge in [0.25, 0.3) is 0 Å². The van der Waals surface area contributed by atoms with Crippen LogP contribution < -0.4 is 0 Å². The first-order chi connectivity index (χ1) is 10.1. The summed E-state index contributed by atoms with van der Waals surface area (Å²) in [5.74, 6) is 0.109. The minimum Gasteiger partial charge on any atom is -0.294 e. The molecule has 0 saturated heterocycles. The molecular formula is C19H17FO. The fourth-order valence-corrected chi connectivity index (χ4v) is 3.96. The van der Waals surface area contributed by atoms with Crippen molar-refractivity contribution >= 4 is 5.78 Å². The molecule has 0 radical (unpaired) electrons. The van der Waals surface area contributed by atoms with Crippen LogP contribution in [0.5, 0.6) is 0 Å². The highest BCUT2D eigenvalue weighted by molar-refractivity contribution is 6.05. The third-order valence-electron chi connectivity index (χ3n) is 5.09. The molecule has 0 N–H and O–H groups in total. The van der Waals surface area contributed by atoms with Crippen molar-refractivity contribution in [1.82, 2.24) is 0 Å². The summed E-state index contributed by atoms with van der Waals surface area (Å²) in [6.07, 6.45) is 3.20. The molecule has 2 aromatic rings. The molecule has 2 aliphatic carbocycles. The summed E-state index contributed by atoms with van der Waals surface area (Å²) in [4.78, 5) is 12.9. The second kappa shape index (κ2) is 4.27. The molecule has 2 aliphatic rings. The summed E-state index contributed by atoms with van der Waals surface area (Å²) in [5, 5.41) is 0. The zero-order valence-electron chi connectivity index (χ0n) is 12.1. The lowest BCUT2D eigenvalue weighted by molar-refractivity contribution is 0.0794. The van der Waals surface area contributed by atoms with Gasteiger partial charge in [-0.2, -0.15) is 0 Å². The van der Waals surface area contributed by atoms with E-state index in [1.165, 1.54) is 11.6 Å². The third kappa shape index (κ3) is 1.85. The minimum absolute atomic E-state index is 0.179. The van der Waals surface area contributed by atoms with Crippen LogP contribution in [0.4, 0.5) is 4.39 Å². The monoisotopic (exact) mass is 280 g/mol. The number of hydrogen-bond acceptors (Lipinski definition) is 1. The molecule has 1 spiro atoms. The Balaban J connectivity index is 1.75. The summed E-state index contributed by atoms with van der Waals surface area (Å²) in [5.41, 5.74) is 5.14. The molecule has 1 unspecified atom stereocenters. The zero-order valence-corrected chi connectivity index (χ0v) is 12.1. The first-order valence-corrected chi connectivity index (χ1v) is 7.49. The van der Waals surface area contributed by atoms with Crippen molar-refractivity contribution in [3.63, 3.8) is 0 Å². The summed E-state index contributed by atoms with van der Waals surface area (Å²) < 4.78 is 13.3. The second-order valence-electron chi connectivity index (χ2n) is 6.54. The number of aryl methyl sites for hydroxylation is 2. The van der Waals surface area contributed by atoms with Gasteiger partial charge in [-0.1, -0.05) is 23.8 Å². The molecule has 0 aliphatic heterocycles. The Morgan fingerprint density at radius 3 is 2.62 bits per heavy atom. The van der Waals surface area contributed by atoms with Gasteiger partial charge in [0.05, 0.1) is 0 Å². The fraction of sp³-hybridized carbons (Fsp3) is 0.316. The molecule has 21 heavy (non-hydrogen) atoms. The van der Waals surface area contributed by atoms with E-state index < -0.39 is 0 Å². The average molecular weight is 280 g/mol. The van der Waals surface area contributed by atoms with Crippen LogP contribution in [-0.2, 0) is 19.3 Å². The third-order valence-corrected chi connectivity index (χ3v) is 5.09. The van der Waals surface area contributed by atoms with Crippen LogP contribution in [0.1, 0.15) is 39.0 Å². The van der Waals surface area contributed by atoms with Crippen LogP contribution >= 0.6 is 0 Å². The Morgan fingerprint density at radius 2 is 1.76 bits per heavy atom. The van der Waals surface area contributed by atoms with Gasteiger partial charge in [0.1, 0.15) is 5.82 Å². The lowest BCUT2D eigenvalue weighted by Gasteiger charge is -2.33. The fourth-order valence-electron chi connectivity index (χ4n) is 3.96. The van der Waals surface area contributed by atoms with Crippen molar-refractivity contribution in [1.29, 1.82) is 0 Å².